The molecule has 3 aromatic heterocycles. The van der Waals surface area contributed by atoms with Gasteiger partial charge in [0.05, 0.1) is 33.5 Å². The zero-order chi connectivity index (χ0) is 37.0. The Bertz CT molecular complexity index is 3120. The fourth-order valence-corrected chi connectivity index (χ4v) is 8.28. The van der Waals surface area contributed by atoms with Crippen LogP contribution >= 0.6 is 24.0 Å². The summed E-state index contributed by atoms with van der Waals surface area (Å²) in [5.74, 6) is 0.708. The van der Waals surface area contributed by atoms with Crippen molar-refractivity contribution in [3.8, 4) is 56.4 Å². The van der Waals surface area contributed by atoms with Crippen LogP contribution in [-0.4, -0.2) is 19.1 Å². The molecule has 280 valence electrons. The van der Waals surface area contributed by atoms with E-state index in [-0.39, 0.29) is 84.2 Å². The second-order valence-electron chi connectivity index (χ2n) is 14.2. The number of benzene rings is 8. The largest absolute Gasteiger partial charge is 1.00 e. The molecule has 0 radical (unpaired) electrons. The average Bonchev–Trinajstić information content (AvgIpc) is 3.80. The molecule has 0 fully saturated rings. The van der Waals surface area contributed by atoms with Crippen LogP contribution in [0.3, 0.4) is 0 Å². The van der Waals surface area contributed by atoms with E-state index in [4.69, 9.17) is 9.97 Å². The second kappa shape index (κ2) is 17.2. The van der Waals surface area contributed by atoms with Crippen molar-refractivity contribution in [1.82, 2.24) is 19.1 Å². The van der Waals surface area contributed by atoms with Gasteiger partial charge in [-0.3, -0.25) is 0 Å². The van der Waals surface area contributed by atoms with Gasteiger partial charge in [0.25, 0.3) is 0 Å². The molecule has 0 N–H and O–H groups in total. The monoisotopic (exact) mass is 898 g/mol. The van der Waals surface area contributed by atoms with E-state index in [2.05, 4.69) is 179 Å². The predicted octanol–water partition coefficient (Wildman–Crippen LogP) is 11.7. The van der Waals surface area contributed by atoms with Crippen LogP contribution in [0.5, 0.6) is 0 Å². The molecule has 8 aromatic carbocycles. The standard InChI is InChI=1S/C52H34N4.CH4.HI.K.H/c1-3-13-36(14-4-1)46-34-47(37-15-5-2-6-16-37)54-52(53-46)38-25-23-35(24-26-38)39-27-32-51-45(33-39)44-19-9-12-22-50(44)56(51)41-30-28-40(29-31-41)55-48-20-10-7-17-42(48)43-18-8-11-21-49(43)55;;;;/h1-34H;1H4;1H;;/q;;;+1;-1. The van der Waals surface area contributed by atoms with Gasteiger partial charge in [0.1, 0.15) is 0 Å². The van der Waals surface area contributed by atoms with Crippen molar-refractivity contribution < 1.29 is 52.8 Å². The molecule has 0 saturated carbocycles. The van der Waals surface area contributed by atoms with Crippen LogP contribution in [0.25, 0.3) is 100 Å². The number of para-hydroxylation sites is 3. The summed E-state index contributed by atoms with van der Waals surface area (Å²) in [4.78, 5) is 10.1. The van der Waals surface area contributed by atoms with Gasteiger partial charge in [-0.25, -0.2) is 9.97 Å². The Kier molecular flexibility index (Phi) is 11.8. The van der Waals surface area contributed by atoms with Gasteiger partial charge >= 0.3 is 51.4 Å². The quantitative estimate of drug-likeness (QED) is 0.123. The fourth-order valence-electron chi connectivity index (χ4n) is 8.28. The predicted molar refractivity (Wildman–Crippen MR) is 256 cm³/mol. The summed E-state index contributed by atoms with van der Waals surface area (Å²) < 4.78 is 4.75. The number of halogens is 1. The Morgan fingerprint density at radius 2 is 0.695 bits per heavy atom. The summed E-state index contributed by atoms with van der Waals surface area (Å²) in [6.07, 6.45) is 0. The van der Waals surface area contributed by atoms with Gasteiger partial charge in [-0.15, -0.1) is 24.0 Å². The Balaban J connectivity index is 0.00000136. The summed E-state index contributed by atoms with van der Waals surface area (Å²) >= 11 is 0. The van der Waals surface area contributed by atoms with E-state index < -0.39 is 0 Å². The molecule has 0 aliphatic carbocycles. The minimum atomic E-state index is 0. The molecule has 0 amide bonds. The zero-order valence-electron chi connectivity index (χ0n) is 32.8. The molecule has 0 saturated heterocycles. The molecule has 6 heteroatoms. The van der Waals surface area contributed by atoms with E-state index >= 15 is 0 Å². The van der Waals surface area contributed by atoms with E-state index in [0.29, 0.717) is 5.82 Å². The van der Waals surface area contributed by atoms with E-state index in [9.17, 15) is 0 Å². The second-order valence-corrected chi connectivity index (χ2v) is 14.2. The first kappa shape index (κ1) is 40.6. The van der Waals surface area contributed by atoms with Crippen molar-refractivity contribution in [2.45, 2.75) is 7.43 Å². The van der Waals surface area contributed by atoms with E-state index in [1.54, 1.807) is 0 Å². The molecule has 3 heterocycles. The Morgan fingerprint density at radius 3 is 1.17 bits per heavy atom. The van der Waals surface area contributed by atoms with Gasteiger partial charge in [0.2, 0.25) is 0 Å². The normalized spacial score (nSPS) is 11.0. The van der Waals surface area contributed by atoms with Crippen molar-refractivity contribution in [3.05, 3.63) is 206 Å². The molecule has 11 aromatic rings. The zero-order valence-corrected chi connectivity index (χ0v) is 37.3. The van der Waals surface area contributed by atoms with Gasteiger partial charge in [-0.05, 0) is 71.8 Å². The molecular weight excluding hydrogens is 859 g/mol. The topological polar surface area (TPSA) is 35.6 Å². The van der Waals surface area contributed by atoms with Crippen molar-refractivity contribution in [2.75, 3.05) is 0 Å². The molecule has 0 spiro atoms. The first-order valence-corrected chi connectivity index (χ1v) is 19.0. The van der Waals surface area contributed by atoms with Crippen LogP contribution in [0, 0.1) is 0 Å². The SMILES string of the molecule is C.I.[H-].[K+].c1ccc(-c2cc(-c3ccccc3)nc(-c3ccc(-c4ccc5c(c4)c4ccccc4n5-c4ccc(-n5c6ccccc6c6ccccc65)cc4)cc3)n2)cc1. The van der Waals surface area contributed by atoms with Crippen molar-refractivity contribution >= 4 is 67.6 Å². The Hall–Kier alpha value is -5.19. The van der Waals surface area contributed by atoms with Gasteiger partial charge in [-0.1, -0.05) is 153 Å². The fraction of sp³-hybridized carbons (Fsp3) is 0.0189. The third-order valence-electron chi connectivity index (χ3n) is 11.0. The van der Waals surface area contributed by atoms with Crippen molar-refractivity contribution in [3.63, 3.8) is 0 Å². The van der Waals surface area contributed by atoms with Crippen LogP contribution in [0.4, 0.5) is 0 Å². The third kappa shape index (κ3) is 7.28. The van der Waals surface area contributed by atoms with E-state index in [0.717, 1.165) is 50.6 Å². The van der Waals surface area contributed by atoms with E-state index in [1.807, 2.05) is 36.4 Å². The summed E-state index contributed by atoms with van der Waals surface area (Å²) in [6.45, 7) is 0. The minimum Gasteiger partial charge on any atom is -1.00 e. The van der Waals surface area contributed by atoms with Gasteiger partial charge in [0, 0.05) is 49.6 Å². The maximum atomic E-state index is 5.04. The molecular formula is C53H40IKN4. The van der Waals surface area contributed by atoms with Gasteiger partial charge in [-0.2, -0.15) is 0 Å². The average molecular weight is 899 g/mol. The summed E-state index contributed by atoms with van der Waals surface area (Å²) in [5.41, 5.74) is 14.3. The van der Waals surface area contributed by atoms with Crippen LogP contribution in [-0.2, 0) is 0 Å². The summed E-state index contributed by atoms with van der Waals surface area (Å²) in [7, 11) is 0. The van der Waals surface area contributed by atoms with Crippen molar-refractivity contribution in [1.29, 1.82) is 0 Å². The number of rotatable bonds is 6. The summed E-state index contributed by atoms with van der Waals surface area (Å²) in [6, 6.07) is 73.2. The molecule has 11 rings (SSSR count). The number of hydrogen-bond acceptors (Lipinski definition) is 2. The van der Waals surface area contributed by atoms with Gasteiger partial charge < -0.3 is 10.6 Å². The van der Waals surface area contributed by atoms with E-state index in [1.165, 1.54) is 43.6 Å². The van der Waals surface area contributed by atoms with Crippen LogP contribution in [0.15, 0.2) is 206 Å². The Labute approximate surface area is 405 Å². The third-order valence-corrected chi connectivity index (χ3v) is 11.0. The number of aromatic nitrogens is 4. The molecule has 0 aliphatic rings. The Morgan fingerprint density at radius 1 is 0.322 bits per heavy atom. The minimum absolute atomic E-state index is 0. The summed E-state index contributed by atoms with van der Waals surface area (Å²) in [5, 5.41) is 4.98. The smallest absolute Gasteiger partial charge is 1.00 e. The molecule has 0 atom stereocenters. The maximum Gasteiger partial charge on any atom is 1.00 e. The molecule has 4 nitrogen and oxygen atoms in total. The van der Waals surface area contributed by atoms with Crippen LogP contribution < -0.4 is 51.4 Å². The molecule has 0 unspecified atom stereocenters. The number of nitrogens with zero attached hydrogens (tertiary/aromatic N) is 4. The first-order valence-electron chi connectivity index (χ1n) is 19.0. The molecule has 0 bridgehead atoms. The number of fused-ring (bicyclic) bond motifs is 6. The van der Waals surface area contributed by atoms with Crippen molar-refractivity contribution in [2.24, 2.45) is 0 Å². The molecule has 59 heavy (non-hydrogen) atoms. The molecule has 0 aliphatic heterocycles. The first-order chi connectivity index (χ1) is 27.8. The maximum absolute atomic E-state index is 5.04. The number of hydrogen-bond donors (Lipinski definition) is 0. The van der Waals surface area contributed by atoms with Gasteiger partial charge in [0.15, 0.2) is 5.82 Å². The van der Waals surface area contributed by atoms with Crippen LogP contribution in [0.2, 0.25) is 0 Å². The van der Waals surface area contributed by atoms with Crippen LogP contribution in [0.1, 0.15) is 8.85 Å².